The second-order valence-electron chi connectivity index (χ2n) is 6.92. The number of nitrogens with zero attached hydrogens (tertiary/aromatic N) is 1. The first-order valence-electron chi connectivity index (χ1n) is 9.65. The molecule has 27 heavy (non-hydrogen) atoms. The highest BCUT2D eigenvalue weighted by atomic mass is 35.5. The molecule has 1 saturated heterocycles. The summed E-state index contributed by atoms with van der Waals surface area (Å²) >= 11 is 0. The molecule has 1 atom stereocenters. The van der Waals surface area contributed by atoms with E-state index in [4.69, 9.17) is 0 Å². The minimum Gasteiger partial charge on any atom is -0.352 e. The van der Waals surface area contributed by atoms with Crippen LogP contribution in [0.1, 0.15) is 31.7 Å². The summed E-state index contributed by atoms with van der Waals surface area (Å²) in [7, 11) is 0. The summed E-state index contributed by atoms with van der Waals surface area (Å²) in [5, 5.41) is 6.39. The molecule has 146 valence electrons. The zero-order valence-corrected chi connectivity index (χ0v) is 16.8. The molecular formula is C22H30ClN3O. The lowest BCUT2D eigenvalue weighted by Gasteiger charge is -2.23. The molecule has 0 radical (unpaired) electrons. The summed E-state index contributed by atoms with van der Waals surface area (Å²) < 4.78 is 0. The summed E-state index contributed by atoms with van der Waals surface area (Å²) in [5.74, 6) is 0.818. The molecule has 1 heterocycles. The summed E-state index contributed by atoms with van der Waals surface area (Å²) in [6.45, 7) is 5.82. The Labute approximate surface area is 168 Å². The van der Waals surface area contributed by atoms with Gasteiger partial charge in [0.1, 0.15) is 0 Å². The number of benzene rings is 2. The normalized spacial score (nSPS) is 15.8. The number of anilines is 2. The van der Waals surface area contributed by atoms with Crippen LogP contribution >= 0.6 is 12.4 Å². The molecule has 1 amide bonds. The molecule has 1 unspecified atom stereocenters. The maximum absolute atomic E-state index is 12.0. The van der Waals surface area contributed by atoms with Crippen molar-refractivity contribution in [1.82, 2.24) is 10.6 Å². The minimum absolute atomic E-state index is 0. The van der Waals surface area contributed by atoms with Gasteiger partial charge in [-0.1, -0.05) is 30.3 Å². The van der Waals surface area contributed by atoms with Gasteiger partial charge in [0, 0.05) is 30.9 Å². The molecule has 2 aromatic rings. The van der Waals surface area contributed by atoms with E-state index in [0.29, 0.717) is 18.9 Å². The van der Waals surface area contributed by atoms with Crippen LogP contribution in [0.25, 0.3) is 0 Å². The van der Waals surface area contributed by atoms with Gasteiger partial charge in [0.15, 0.2) is 0 Å². The Hall–Kier alpha value is -2.04. The van der Waals surface area contributed by atoms with E-state index in [1.165, 1.54) is 17.8 Å². The van der Waals surface area contributed by atoms with Gasteiger partial charge in [-0.3, -0.25) is 4.79 Å². The molecule has 3 rings (SSSR count). The number of rotatable bonds is 8. The predicted molar refractivity (Wildman–Crippen MR) is 115 cm³/mol. The summed E-state index contributed by atoms with van der Waals surface area (Å²) in [6.07, 6.45) is 2.81. The molecule has 2 N–H and O–H groups in total. The van der Waals surface area contributed by atoms with Crippen molar-refractivity contribution < 1.29 is 4.79 Å². The monoisotopic (exact) mass is 387 g/mol. The van der Waals surface area contributed by atoms with Crippen LogP contribution in [0.4, 0.5) is 11.4 Å². The zero-order valence-electron chi connectivity index (χ0n) is 16.0. The SMILES string of the molecule is CCN(c1ccccc1)c1ccc(CNC(=O)CCC2CCNC2)cc1.Cl. The van der Waals surface area contributed by atoms with Crippen molar-refractivity contribution in [2.75, 3.05) is 24.5 Å². The van der Waals surface area contributed by atoms with Gasteiger partial charge in [-0.05, 0) is 68.6 Å². The number of halogens is 1. The topological polar surface area (TPSA) is 44.4 Å². The number of amides is 1. The molecule has 2 aromatic carbocycles. The van der Waals surface area contributed by atoms with Crippen LogP contribution in [0.2, 0.25) is 0 Å². The first kappa shape index (κ1) is 21.3. The second kappa shape index (κ2) is 11.0. The molecule has 0 bridgehead atoms. The molecule has 1 aliphatic heterocycles. The Balaban J connectivity index is 0.00000261. The van der Waals surface area contributed by atoms with Crippen molar-refractivity contribution in [3.05, 3.63) is 60.2 Å². The van der Waals surface area contributed by atoms with Crippen LogP contribution in [-0.2, 0) is 11.3 Å². The Kier molecular flexibility index (Phi) is 8.62. The van der Waals surface area contributed by atoms with E-state index in [1.54, 1.807) is 0 Å². The smallest absolute Gasteiger partial charge is 0.220 e. The van der Waals surface area contributed by atoms with E-state index < -0.39 is 0 Å². The molecule has 0 saturated carbocycles. The highest BCUT2D eigenvalue weighted by Crippen LogP contribution is 2.25. The number of nitrogens with one attached hydrogen (secondary N) is 2. The predicted octanol–water partition coefficient (Wildman–Crippen LogP) is 4.27. The maximum Gasteiger partial charge on any atom is 0.220 e. The molecule has 0 aliphatic carbocycles. The van der Waals surface area contributed by atoms with E-state index in [2.05, 4.69) is 71.0 Å². The summed E-state index contributed by atoms with van der Waals surface area (Å²) in [5.41, 5.74) is 3.49. The lowest BCUT2D eigenvalue weighted by molar-refractivity contribution is -0.121. The highest BCUT2D eigenvalue weighted by molar-refractivity contribution is 5.85. The number of para-hydroxylation sites is 1. The Bertz CT molecular complexity index is 684. The molecule has 5 heteroatoms. The van der Waals surface area contributed by atoms with Crippen LogP contribution in [0.5, 0.6) is 0 Å². The quantitative estimate of drug-likeness (QED) is 0.710. The van der Waals surface area contributed by atoms with Gasteiger partial charge >= 0.3 is 0 Å². The average molecular weight is 388 g/mol. The third-order valence-electron chi connectivity index (χ3n) is 5.06. The van der Waals surface area contributed by atoms with Gasteiger partial charge in [-0.25, -0.2) is 0 Å². The van der Waals surface area contributed by atoms with E-state index in [0.717, 1.165) is 31.6 Å². The van der Waals surface area contributed by atoms with Gasteiger partial charge < -0.3 is 15.5 Å². The Morgan fingerprint density at radius 3 is 2.44 bits per heavy atom. The van der Waals surface area contributed by atoms with Crippen molar-refractivity contribution in [3.63, 3.8) is 0 Å². The van der Waals surface area contributed by atoms with Crippen LogP contribution in [0.3, 0.4) is 0 Å². The molecule has 0 aromatic heterocycles. The minimum atomic E-state index is 0. The fraction of sp³-hybridized carbons (Fsp3) is 0.409. The number of hydrogen-bond acceptors (Lipinski definition) is 3. The number of carbonyl (C=O) groups excluding carboxylic acids is 1. The zero-order chi connectivity index (χ0) is 18.2. The fourth-order valence-electron chi connectivity index (χ4n) is 3.50. The third-order valence-corrected chi connectivity index (χ3v) is 5.06. The molecule has 0 spiro atoms. The van der Waals surface area contributed by atoms with E-state index in [-0.39, 0.29) is 18.3 Å². The molecular weight excluding hydrogens is 358 g/mol. The fourth-order valence-corrected chi connectivity index (χ4v) is 3.50. The lowest BCUT2D eigenvalue weighted by Crippen LogP contribution is -2.23. The van der Waals surface area contributed by atoms with Crippen molar-refractivity contribution in [2.24, 2.45) is 5.92 Å². The van der Waals surface area contributed by atoms with Crippen molar-refractivity contribution in [2.45, 2.75) is 32.7 Å². The summed E-state index contributed by atoms with van der Waals surface area (Å²) in [6, 6.07) is 18.9. The van der Waals surface area contributed by atoms with Crippen LogP contribution < -0.4 is 15.5 Å². The third kappa shape index (κ3) is 6.26. The first-order valence-corrected chi connectivity index (χ1v) is 9.65. The van der Waals surface area contributed by atoms with Gasteiger partial charge in [0.25, 0.3) is 0 Å². The van der Waals surface area contributed by atoms with Gasteiger partial charge in [-0.2, -0.15) is 0 Å². The Morgan fingerprint density at radius 1 is 1.11 bits per heavy atom. The maximum atomic E-state index is 12.0. The number of carbonyl (C=O) groups is 1. The van der Waals surface area contributed by atoms with E-state index >= 15 is 0 Å². The summed E-state index contributed by atoms with van der Waals surface area (Å²) in [4.78, 5) is 14.3. The second-order valence-corrected chi connectivity index (χ2v) is 6.92. The number of hydrogen-bond donors (Lipinski definition) is 2. The molecule has 1 aliphatic rings. The van der Waals surface area contributed by atoms with Gasteiger partial charge in [0.05, 0.1) is 0 Å². The van der Waals surface area contributed by atoms with Crippen LogP contribution in [0.15, 0.2) is 54.6 Å². The van der Waals surface area contributed by atoms with Crippen molar-refractivity contribution in [1.29, 1.82) is 0 Å². The van der Waals surface area contributed by atoms with E-state index in [1.807, 2.05) is 6.07 Å². The Morgan fingerprint density at radius 2 is 1.81 bits per heavy atom. The largest absolute Gasteiger partial charge is 0.352 e. The highest BCUT2D eigenvalue weighted by Gasteiger charge is 2.15. The van der Waals surface area contributed by atoms with Gasteiger partial charge in [-0.15, -0.1) is 12.4 Å². The first-order chi connectivity index (χ1) is 12.8. The van der Waals surface area contributed by atoms with Crippen LogP contribution in [-0.4, -0.2) is 25.5 Å². The van der Waals surface area contributed by atoms with Crippen LogP contribution in [0, 0.1) is 5.92 Å². The molecule has 4 nitrogen and oxygen atoms in total. The van der Waals surface area contributed by atoms with E-state index in [9.17, 15) is 4.79 Å². The van der Waals surface area contributed by atoms with Crippen molar-refractivity contribution in [3.8, 4) is 0 Å². The average Bonchev–Trinajstić information content (AvgIpc) is 3.21. The molecule has 1 fully saturated rings. The lowest BCUT2D eigenvalue weighted by atomic mass is 10.0. The standard InChI is InChI=1S/C22H29N3O.ClH/c1-2-25(20-6-4-3-5-7-20)21-11-8-18(9-12-21)17-24-22(26)13-10-19-14-15-23-16-19;/h3-9,11-12,19,23H,2,10,13-17H2,1H3,(H,24,26);1H. The van der Waals surface area contributed by atoms with Crippen molar-refractivity contribution >= 4 is 29.7 Å². The van der Waals surface area contributed by atoms with Gasteiger partial charge in [0.2, 0.25) is 5.91 Å².